The molecule has 1 aromatic heterocycles. The lowest BCUT2D eigenvalue weighted by atomic mass is 9.92. The van der Waals surface area contributed by atoms with E-state index in [-0.39, 0.29) is 23.8 Å². The van der Waals surface area contributed by atoms with E-state index in [1.165, 1.54) is 29.2 Å². The van der Waals surface area contributed by atoms with Crippen LogP contribution in [0, 0.1) is 5.82 Å². The molecule has 0 atom stereocenters. The van der Waals surface area contributed by atoms with Gasteiger partial charge in [0.25, 0.3) is 5.91 Å². The highest BCUT2D eigenvalue weighted by molar-refractivity contribution is 6.32. The zero-order chi connectivity index (χ0) is 25.6. The number of hydrogen-bond donors (Lipinski definition) is 1. The van der Waals surface area contributed by atoms with Crippen molar-refractivity contribution in [3.63, 3.8) is 0 Å². The van der Waals surface area contributed by atoms with Crippen LogP contribution in [0.4, 0.5) is 10.2 Å². The number of nitrogens with zero attached hydrogens (tertiary/aromatic N) is 3. The summed E-state index contributed by atoms with van der Waals surface area (Å²) in [5.41, 5.74) is 1.51. The molecule has 0 unspecified atom stereocenters. The molecule has 0 aliphatic carbocycles. The molecule has 0 fully saturated rings. The molecule has 186 valence electrons. The molecule has 0 spiro atoms. The summed E-state index contributed by atoms with van der Waals surface area (Å²) in [7, 11) is 0. The van der Waals surface area contributed by atoms with Crippen LogP contribution in [-0.4, -0.2) is 39.6 Å². The third kappa shape index (κ3) is 6.92. The molecule has 0 aliphatic heterocycles. The summed E-state index contributed by atoms with van der Waals surface area (Å²) in [6, 6.07) is 14.4. The van der Waals surface area contributed by atoms with Crippen LogP contribution in [0.2, 0.25) is 5.02 Å². The average Bonchev–Trinajstić information content (AvgIpc) is 3.23. The average molecular weight is 499 g/mol. The Morgan fingerprint density at radius 2 is 1.77 bits per heavy atom. The van der Waals surface area contributed by atoms with Crippen LogP contribution in [0.3, 0.4) is 0 Å². The van der Waals surface area contributed by atoms with Crippen LogP contribution >= 0.6 is 11.6 Å². The summed E-state index contributed by atoms with van der Waals surface area (Å²) in [6.45, 7) is 8.46. The Hall–Kier alpha value is -3.19. The Morgan fingerprint density at radius 3 is 2.40 bits per heavy atom. The summed E-state index contributed by atoms with van der Waals surface area (Å²) in [5, 5.41) is 8.11. The summed E-state index contributed by atoms with van der Waals surface area (Å²) in [4.78, 5) is 27.7. The first-order chi connectivity index (χ1) is 16.6. The fourth-order valence-electron chi connectivity index (χ4n) is 3.58. The van der Waals surface area contributed by atoms with E-state index in [4.69, 9.17) is 16.7 Å². The van der Waals surface area contributed by atoms with Crippen LogP contribution in [-0.2, 0) is 10.2 Å². The third-order valence-electron chi connectivity index (χ3n) is 5.57. The molecule has 8 heteroatoms. The minimum absolute atomic E-state index is 0.140. The number of carbonyl (C=O) groups is 2. The van der Waals surface area contributed by atoms with Crippen LogP contribution in [0.15, 0.2) is 54.6 Å². The highest BCUT2D eigenvalue weighted by Crippen LogP contribution is 2.29. The van der Waals surface area contributed by atoms with Crippen molar-refractivity contribution in [3.05, 3.63) is 76.7 Å². The first-order valence-corrected chi connectivity index (χ1v) is 12.2. The second-order valence-corrected chi connectivity index (χ2v) is 9.92. The maximum absolute atomic E-state index is 13.3. The molecule has 1 heterocycles. The molecule has 35 heavy (non-hydrogen) atoms. The SMILES string of the molecule is CCCCCN(CC(=O)Nc1cc(C(C)(C)C)nn1-c1ccccc1Cl)C(=O)c1ccc(F)cc1. The molecule has 2 aromatic carbocycles. The molecule has 3 rings (SSSR count). The predicted molar refractivity (Wildman–Crippen MR) is 138 cm³/mol. The van der Waals surface area contributed by atoms with Gasteiger partial charge in [-0.3, -0.25) is 9.59 Å². The van der Waals surface area contributed by atoms with Crippen molar-refractivity contribution >= 4 is 29.2 Å². The summed E-state index contributed by atoms with van der Waals surface area (Å²) < 4.78 is 15.0. The Morgan fingerprint density at radius 1 is 1.09 bits per heavy atom. The minimum atomic E-state index is -0.417. The predicted octanol–water partition coefficient (Wildman–Crippen LogP) is 6.23. The topological polar surface area (TPSA) is 67.2 Å². The number of aromatic nitrogens is 2. The second-order valence-electron chi connectivity index (χ2n) is 9.52. The van der Waals surface area contributed by atoms with E-state index < -0.39 is 5.82 Å². The number of carbonyl (C=O) groups excluding carboxylic acids is 2. The van der Waals surface area contributed by atoms with Crippen LogP contribution in [0.1, 0.15) is 63.0 Å². The van der Waals surface area contributed by atoms with Gasteiger partial charge in [0.1, 0.15) is 18.2 Å². The van der Waals surface area contributed by atoms with Gasteiger partial charge in [0.2, 0.25) is 5.91 Å². The quantitative estimate of drug-likeness (QED) is 0.355. The molecule has 0 bridgehead atoms. The molecule has 0 radical (unpaired) electrons. The Kier molecular flexibility index (Phi) is 8.67. The Balaban J connectivity index is 1.86. The smallest absolute Gasteiger partial charge is 0.254 e. The number of amides is 2. The third-order valence-corrected chi connectivity index (χ3v) is 5.89. The fourth-order valence-corrected chi connectivity index (χ4v) is 3.80. The minimum Gasteiger partial charge on any atom is -0.329 e. The van der Waals surface area contributed by atoms with E-state index in [0.29, 0.717) is 28.6 Å². The molecular weight excluding hydrogens is 467 g/mol. The monoisotopic (exact) mass is 498 g/mol. The number of benzene rings is 2. The summed E-state index contributed by atoms with van der Waals surface area (Å²) in [6.07, 6.45) is 2.68. The molecule has 0 saturated carbocycles. The van der Waals surface area contributed by atoms with E-state index in [9.17, 15) is 14.0 Å². The number of nitrogens with one attached hydrogen (secondary N) is 1. The van der Waals surface area contributed by atoms with E-state index >= 15 is 0 Å². The number of hydrogen-bond acceptors (Lipinski definition) is 3. The maximum Gasteiger partial charge on any atom is 0.254 e. The van der Waals surface area contributed by atoms with Gasteiger partial charge in [-0.15, -0.1) is 0 Å². The number of halogens is 2. The van der Waals surface area contributed by atoms with Crippen molar-refractivity contribution < 1.29 is 14.0 Å². The van der Waals surface area contributed by atoms with Crippen molar-refractivity contribution in [2.75, 3.05) is 18.4 Å². The lowest BCUT2D eigenvalue weighted by Crippen LogP contribution is -2.39. The molecule has 0 saturated heterocycles. The first-order valence-electron chi connectivity index (χ1n) is 11.8. The highest BCUT2D eigenvalue weighted by atomic mass is 35.5. The number of rotatable bonds is 9. The van der Waals surface area contributed by atoms with Crippen molar-refractivity contribution in [1.82, 2.24) is 14.7 Å². The van der Waals surface area contributed by atoms with Crippen LogP contribution < -0.4 is 5.32 Å². The zero-order valence-electron chi connectivity index (χ0n) is 20.6. The maximum atomic E-state index is 13.3. The van der Waals surface area contributed by atoms with Gasteiger partial charge in [-0.2, -0.15) is 5.10 Å². The van der Waals surface area contributed by atoms with E-state index in [1.54, 1.807) is 10.7 Å². The van der Waals surface area contributed by atoms with Gasteiger partial charge in [-0.1, -0.05) is 64.3 Å². The van der Waals surface area contributed by atoms with Crippen molar-refractivity contribution in [2.24, 2.45) is 0 Å². The number of para-hydroxylation sites is 1. The number of unbranched alkanes of at least 4 members (excludes halogenated alkanes) is 2. The van der Waals surface area contributed by atoms with Gasteiger partial charge in [0.05, 0.1) is 16.4 Å². The van der Waals surface area contributed by atoms with Gasteiger partial charge < -0.3 is 10.2 Å². The standard InChI is InChI=1S/C27H32ClFN4O2/c1-5-6-9-16-32(26(35)19-12-14-20(29)15-13-19)18-25(34)30-24-17-23(27(2,3)4)31-33(24)22-11-8-7-10-21(22)28/h7-8,10-15,17H,5-6,9,16,18H2,1-4H3,(H,30,34). The second kappa shape index (κ2) is 11.5. The highest BCUT2D eigenvalue weighted by Gasteiger charge is 2.24. The number of anilines is 1. The molecule has 2 amide bonds. The molecule has 1 N–H and O–H groups in total. The normalized spacial score (nSPS) is 11.4. The van der Waals surface area contributed by atoms with Gasteiger partial charge in [0.15, 0.2) is 0 Å². The van der Waals surface area contributed by atoms with Crippen LogP contribution in [0.5, 0.6) is 0 Å². The fraction of sp³-hybridized carbons (Fsp3) is 0.370. The Bertz CT molecular complexity index is 1170. The van der Waals surface area contributed by atoms with Gasteiger partial charge in [0, 0.05) is 23.6 Å². The van der Waals surface area contributed by atoms with Gasteiger partial charge >= 0.3 is 0 Å². The Labute approximate surface area is 211 Å². The first kappa shape index (κ1) is 26.4. The van der Waals surface area contributed by atoms with Crippen molar-refractivity contribution in [3.8, 4) is 5.69 Å². The summed E-state index contributed by atoms with van der Waals surface area (Å²) in [5.74, 6) is -0.619. The largest absolute Gasteiger partial charge is 0.329 e. The van der Waals surface area contributed by atoms with E-state index in [0.717, 1.165) is 25.0 Å². The lowest BCUT2D eigenvalue weighted by Gasteiger charge is -2.22. The van der Waals surface area contributed by atoms with Crippen molar-refractivity contribution in [2.45, 2.75) is 52.4 Å². The summed E-state index contributed by atoms with van der Waals surface area (Å²) >= 11 is 6.41. The van der Waals surface area contributed by atoms with E-state index in [1.807, 2.05) is 45.0 Å². The molecule has 3 aromatic rings. The molecular formula is C27H32ClFN4O2. The van der Waals surface area contributed by atoms with Crippen LogP contribution in [0.25, 0.3) is 5.69 Å². The van der Waals surface area contributed by atoms with Gasteiger partial charge in [-0.25, -0.2) is 9.07 Å². The lowest BCUT2D eigenvalue weighted by molar-refractivity contribution is -0.117. The van der Waals surface area contributed by atoms with Crippen molar-refractivity contribution in [1.29, 1.82) is 0 Å². The zero-order valence-corrected chi connectivity index (χ0v) is 21.4. The molecule has 6 nitrogen and oxygen atoms in total. The van der Waals surface area contributed by atoms with E-state index in [2.05, 4.69) is 12.2 Å². The molecule has 0 aliphatic rings. The van der Waals surface area contributed by atoms with Gasteiger partial charge in [-0.05, 0) is 42.8 Å².